The van der Waals surface area contributed by atoms with Crippen molar-refractivity contribution in [1.82, 2.24) is 4.98 Å². The Balaban J connectivity index is 2.08. The molecule has 0 unspecified atom stereocenters. The fourth-order valence-electron chi connectivity index (χ4n) is 2.29. The Labute approximate surface area is 98.1 Å². The first kappa shape index (κ1) is 10.6. The lowest BCUT2D eigenvalue weighted by atomic mass is 9.85. The highest BCUT2D eigenvalue weighted by Crippen LogP contribution is 2.42. The molecule has 0 atom stereocenters. The SMILES string of the molecule is Cc1csc(CC2(CBr)CCCC2)n1. The standard InChI is InChI=1S/C11H16BrNS/c1-9-7-14-10(13-9)6-11(8-12)4-2-3-5-11/h7H,2-6,8H2,1H3. The van der Waals surface area contributed by atoms with Crippen molar-refractivity contribution in [2.24, 2.45) is 5.41 Å². The molecule has 0 amide bonds. The van der Waals surface area contributed by atoms with Crippen LogP contribution in [0.25, 0.3) is 0 Å². The van der Waals surface area contributed by atoms with Gasteiger partial charge in [0.1, 0.15) is 0 Å². The Morgan fingerprint density at radius 1 is 1.50 bits per heavy atom. The lowest BCUT2D eigenvalue weighted by Gasteiger charge is -2.24. The zero-order valence-corrected chi connectivity index (χ0v) is 11.0. The number of nitrogens with zero attached hydrogens (tertiary/aromatic N) is 1. The Kier molecular flexibility index (Phi) is 3.27. The number of alkyl halides is 1. The van der Waals surface area contributed by atoms with Crippen molar-refractivity contribution in [3.8, 4) is 0 Å². The van der Waals surface area contributed by atoms with Gasteiger partial charge in [0.2, 0.25) is 0 Å². The molecule has 0 bridgehead atoms. The Morgan fingerprint density at radius 2 is 2.21 bits per heavy atom. The van der Waals surface area contributed by atoms with Gasteiger partial charge in [0.05, 0.1) is 5.01 Å². The smallest absolute Gasteiger partial charge is 0.0933 e. The maximum atomic E-state index is 4.56. The van der Waals surface area contributed by atoms with Gasteiger partial charge in [-0.05, 0) is 25.2 Å². The van der Waals surface area contributed by atoms with E-state index in [1.165, 1.54) is 42.8 Å². The van der Waals surface area contributed by atoms with Gasteiger partial charge < -0.3 is 0 Å². The average Bonchev–Trinajstić information content (AvgIpc) is 2.77. The van der Waals surface area contributed by atoms with Crippen LogP contribution in [-0.4, -0.2) is 10.3 Å². The molecule has 0 spiro atoms. The molecule has 1 saturated carbocycles. The van der Waals surface area contributed by atoms with Crippen LogP contribution in [0.1, 0.15) is 36.4 Å². The number of aromatic nitrogens is 1. The van der Waals surface area contributed by atoms with E-state index in [1.807, 2.05) is 11.3 Å². The highest BCUT2D eigenvalue weighted by molar-refractivity contribution is 9.09. The van der Waals surface area contributed by atoms with Crippen molar-refractivity contribution < 1.29 is 0 Å². The molecule has 2 rings (SSSR count). The number of hydrogen-bond donors (Lipinski definition) is 0. The summed E-state index contributed by atoms with van der Waals surface area (Å²) in [6.07, 6.45) is 6.72. The molecule has 78 valence electrons. The van der Waals surface area contributed by atoms with Crippen LogP contribution in [0, 0.1) is 12.3 Å². The number of aryl methyl sites for hydroxylation is 1. The Bertz CT molecular complexity index is 302. The van der Waals surface area contributed by atoms with Crippen LogP contribution >= 0.6 is 27.3 Å². The number of halogens is 1. The fraction of sp³-hybridized carbons (Fsp3) is 0.727. The van der Waals surface area contributed by atoms with E-state index in [9.17, 15) is 0 Å². The van der Waals surface area contributed by atoms with Gasteiger partial charge in [-0.2, -0.15) is 0 Å². The first-order chi connectivity index (χ1) is 6.74. The van der Waals surface area contributed by atoms with E-state index in [-0.39, 0.29) is 0 Å². The molecule has 0 saturated heterocycles. The van der Waals surface area contributed by atoms with Gasteiger partial charge in [-0.15, -0.1) is 11.3 Å². The second-order valence-electron chi connectivity index (χ2n) is 4.40. The second kappa shape index (κ2) is 4.31. The monoisotopic (exact) mass is 273 g/mol. The van der Waals surface area contributed by atoms with E-state index in [0.29, 0.717) is 5.41 Å². The summed E-state index contributed by atoms with van der Waals surface area (Å²) in [4.78, 5) is 4.56. The van der Waals surface area contributed by atoms with Crippen molar-refractivity contribution in [3.63, 3.8) is 0 Å². The number of hydrogen-bond acceptors (Lipinski definition) is 2. The molecule has 0 aliphatic heterocycles. The van der Waals surface area contributed by atoms with Crippen LogP contribution in [0.3, 0.4) is 0 Å². The molecule has 1 fully saturated rings. The maximum absolute atomic E-state index is 4.56. The van der Waals surface area contributed by atoms with E-state index in [1.54, 1.807) is 0 Å². The van der Waals surface area contributed by atoms with Crippen LogP contribution in [-0.2, 0) is 6.42 Å². The fourth-order valence-corrected chi connectivity index (χ4v) is 3.99. The predicted octanol–water partition coefficient (Wildman–Crippen LogP) is 3.95. The van der Waals surface area contributed by atoms with E-state index in [2.05, 4.69) is 33.2 Å². The van der Waals surface area contributed by atoms with E-state index >= 15 is 0 Å². The van der Waals surface area contributed by atoms with Crippen LogP contribution in [0.15, 0.2) is 5.38 Å². The van der Waals surface area contributed by atoms with Crippen molar-refractivity contribution in [1.29, 1.82) is 0 Å². The molecule has 1 aromatic heterocycles. The Morgan fingerprint density at radius 3 is 2.71 bits per heavy atom. The van der Waals surface area contributed by atoms with Crippen molar-refractivity contribution in [3.05, 3.63) is 16.1 Å². The first-order valence-electron chi connectivity index (χ1n) is 5.21. The zero-order chi connectivity index (χ0) is 10.0. The van der Waals surface area contributed by atoms with Crippen LogP contribution in [0.4, 0.5) is 0 Å². The summed E-state index contributed by atoms with van der Waals surface area (Å²) >= 11 is 5.49. The number of thiazole rings is 1. The zero-order valence-electron chi connectivity index (χ0n) is 8.55. The van der Waals surface area contributed by atoms with E-state index in [0.717, 1.165) is 5.33 Å². The molecule has 1 aliphatic rings. The molecule has 0 aromatic carbocycles. The van der Waals surface area contributed by atoms with Crippen molar-refractivity contribution >= 4 is 27.3 Å². The van der Waals surface area contributed by atoms with Gasteiger partial charge in [-0.3, -0.25) is 0 Å². The van der Waals surface area contributed by atoms with Gasteiger partial charge in [0.25, 0.3) is 0 Å². The molecule has 3 heteroatoms. The normalized spacial score (nSPS) is 20.1. The summed E-state index contributed by atoms with van der Waals surface area (Å²) in [5.74, 6) is 0. The summed E-state index contributed by atoms with van der Waals surface area (Å²) in [5, 5.41) is 4.62. The summed E-state index contributed by atoms with van der Waals surface area (Å²) < 4.78 is 0. The van der Waals surface area contributed by atoms with E-state index < -0.39 is 0 Å². The molecule has 1 aliphatic carbocycles. The van der Waals surface area contributed by atoms with Crippen molar-refractivity contribution in [2.75, 3.05) is 5.33 Å². The van der Waals surface area contributed by atoms with Crippen LogP contribution in [0.2, 0.25) is 0 Å². The quantitative estimate of drug-likeness (QED) is 0.760. The highest BCUT2D eigenvalue weighted by atomic mass is 79.9. The van der Waals surface area contributed by atoms with Gasteiger partial charge in [0.15, 0.2) is 0 Å². The largest absolute Gasteiger partial charge is 0.247 e. The van der Waals surface area contributed by atoms with Gasteiger partial charge in [0, 0.05) is 22.8 Å². The third kappa shape index (κ3) is 2.19. The summed E-state index contributed by atoms with van der Waals surface area (Å²) in [5.41, 5.74) is 1.69. The summed E-state index contributed by atoms with van der Waals surface area (Å²) in [7, 11) is 0. The lowest BCUT2D eigenvalue weighted by molar-refractivity contribution is 0.346. The topological polar surface area (TPSA) is 12.9 Å². The molecule has 1 aromatic rings. The van der Waals surface area contributed by atoms with Crippen LogP contribution < -0.4 is 0 Å². The molecule has 14 heavy (non-hydrogen) atoms. The predicted molar refractivity (Wildman–Crippen MR) is 65.3 cm³/mol. The van der Waals surface area contributed by atoms with E-state index in [4.69, 9.17) is 0 Å². The molecular formula is C11H16BrNS. The van der Waals surface area contributed by atoms with Gasteiger partial charge >= 0.3 is 0 Å². The molecule has 0 N–H and O–H groups in total. The molecule has 1 nitrogen and oxygen atoms in total. The minimum Gasteiger partial charge on any atom is -0.247 e. The Hall–Kier alpha value is 0.110. The number of rotatable bonds is 3. The van der Waals surface area contributed by atoms with Gasteiger partial charge in [-0.25, -0.2) is 4.98 Å². The third-order valence-electron chi connectivity index (χ3n) is 3.14. The summed E-state index contributed by atoms with van der Waals surface area (Å²) in [6.45, 7) is 2.08. The van der Waals surface area contributed by atoms with Crippen molar-refractivity contribution in [2.45, 2.75) is 39.0 Å². The minimum atomic E-state index is 0.518. The maximum Gasteiger partial charge on any atom is 0.0933 e. The molecular weight excluding hydrogens is 258 g/mol. The van der Waals surface area contributed by atoms with Gasteiger partial charge in [-0.1, -0.05) is 28.8 Å². The first-order valence-corrected chi connectivity index (χ1v) is 7.21. The highest BCUT2D eigenvalue weighted by Gasteiger charge is 2.33. The third-order valence-corrected chi connectivity index (χ3v) is 5.30. The average molecular weight is 274 g/mol. The lowest BCUT2D eigenvalue weighted by Crippen LogP contribution is -2.21. The second-order valence-corrected chi connectivity index (χ2v) is 5.90. The summed E-state index contributed by atoms with van der Waals surface area (Å²) in [6, 6.07) is 0. The molecule has 0 radical (unpaired) electrons. The minimum absolute atomic E-state index is 0.518. The molecule has 1 heterocycles. The van der Waals surface area contributed by atoms with Crippen LogP contribution in [0.5, 0.6) is 0 Å².